The Morgan fingerprint density at radius 3 is 2.62 bits per heavy atom. The van der Waals surface area contributed by atoms with Crippen molar-refractivity contribution >= 4 is 34.3 Å². The number of likely N-dealkylation sites (N-methyl/N-ethyl adjacent to an activating group) is 1. The van der Waals surface area contributed by atoms with E-state index in [0.717, 1.165) is 47.0 Å². The summed E-state index contributed by atoms with van der Waals surface area (Å²) in [6.07, 6.45) is 8.53. The molecule has 0 bridgehead atoms. The van der Waals surface area contributed by atoms with Gasteiger partial charge in [0.05, 0.1) is 5.52 Å². The highest BCUT2D eigenvalue weighted by atomic mass is 16.5. The Hall–Kier alpha value is -3.62. The summed E-state index contributed by atoms with van der Waals surface area (Å²) in [5.74, 6) is 1.39. The molecule has 1 amide bonds. The first-order valence-electron chi connectivity index (χ1n) is 13.2. The number of aromatic nitrogens is 3. The van der Waals surface area contributed by atoms with Crippen molar-refractivity contribution in [2.75, 3.05) is 37.0 Å². The molecule has 1 aliphatic heterocycles. The normalized spacial score (nSPS) is 16.6. The number of hydrogen-bond acceptors (Lipinski definition) is 7. The number of carbonyl (C=O) groups excluding carboxylic acids is 1. The fourth-order valence-corrected chi connectivity index (χ4v) is 5.60. The molecule has 2 N–H and O–H groups in total. The number of hydrogen-bond donors (Lipinski definition) is 2. The van der Waals surface area contributed by atoms with Gasteiger partial charge in [0, 0.05) is 54.4 Å². The molecule has 0 unspecified atom stereocenters. The summed E-state index contributed by atoms with van der Waals surface area (Å²) in [6, 6.07) is 7.48. The topological polar surface area (TPSA) is 101 Å². The minimum Gasteiger partial charge on any atom is -0.478 e. The second-order valence-electron chi connectivity index (χ2n) is 10.8. The standard InChI is InChI=1S/C28H36N6O3/c1-18(2)34-22-9-8-21(12-20(22)13-23(26(34)36)37-15-24(35)29-4)31-25-19(3)14-30-27(32-25)33-16-28(17-33)10-6-5-7-11-28/h8-9,12-14,18H,5-7,10-11,15-17H2,1-4H3,(H,29,35)(H,30,31,32). The highest BCUT2D eigenvalue weighted by Gasteiger charge is 2.44. The summed E-state index contributed by atoms with van der Waals surface area (Å²) in [7, 11) is 1.53. The fourth-order valence-electron chi connectivity index (χ4n) is 5.60. The molecule has 3 aromatic rings. The van der Waals surface area contributed by atoms with E-state index in [0.29, 0.717) is 5.41 Å². The quantitative estimate of drug-likeness (QED) is 0.494. The van der Waals surface area contributed by atoms with E-state index >= 15 is 0 Å². The van der Waals surface area contributed by atoms with E-state index in [1.54, 1.807) is 10.6 Å². The van der Waals surface area contributed by atoms with Crippen molar-refractivity contribution < 1.29 is 9.53 Å². The molecule has 2 aliphatic rings. The van der Waals surface area contributed by atoms with Gasteiger partial charge in [-0.3, -0.25) is 9.59 Å². The van der Waals surface area contributed by atoms with Crippen molar-refractivity contribution in [3.05, 3.63) is 46.4 Å². The number of nitrogens with one attached hydrogen (secondary N) is 2. The second kappa shape index (κ2) is 10.0. The van der Waals surface area contributed by atoms with Crippen LogP contribution in [-0.4, -0.2) is 47.2 Å². The highest BCUT2D eigenvalue weighted by molar-refractivity contribution is 5.85. The molecule has 0 atom stereocenters. The van der Waals surface area contributed by atoms with Gasteiger partial charge in [0.15, 0.2) is 12.4 Å². The van der Waals surface area contributed by atoms with E-state index in [-0.39, 0.29) is 29.9 Å². The van der Waals surface area contributed by atoms with Gasteiger partial charge in [0.2, 0.25) is 5.95 Å². The summed E-state index contributed by atoms with van der Waals surface area (Å²) >= 11 is 0. The van der Waals surface area contributed by atoms with Crippen LogP contribution in [0.25, 0.3) is 10.9 Å². The van der Waals surface area contributed by atoms with Crippen LogP contribution in [0.2, 0.25) is 0 Å². The van der Waals surface area contributed by atoms with Crippen molar-refractivity contribution in [2.45, 2.75) is 58.9 Å². The van der Waals surface area contributed by atoms with Crippen LogP contribution in [0.15, 0.2) is 35.3 Å². The van der Waals surface area contributed by atoms with E-state index in [1.165, 1.54) is 39.2 Å². The van der Waals surface area contributed by atoms with Gasteiger partial charge in [-0.2, -0.15) is 4.98 Å². The van der Waals surface area contributed by atoms with Gasteiger partial charge in [0.25, 0.3) is 11.5 Å². The second-order valence-corrected chi connectivity index (χ2v) is 10.8. The number of carbonyl (C=O) groups is 1. The lowest BCUT2D eigenvalue weighted by atomic mass is 9.69. The van der Waals surface area contributed by atoms with E-state index in [4.69, 9.17) is 9.72 Å². The molecule has 196 valence electrons. The van der Waals surface area contributed by atoms with Crippen molar-refractivity contribution in [2.24, 2.45) is 5.41 Å². The van der Waals surface area contributed by atoms with Crippen molar-refractivity contribution in [1.29, 1.82) is 0 Å². The molecule has 2 fully saturated rings. The number of ether oxygens (including phenoxy) is 1. The first-order chi connectivity index (χ1) is 17.8. The molecule has 0 radical (unpaired) electrons. The first kappa shape index (κ1) is 25.0. The van der Waals surface area contributed by atoms with Crippen molar-refractivity contribution in [1.82, 2.24) is 19.9 Å². The minimum absolute atomic E-state index is 0.0759. The van der Waals surface area contributed by atoms with Crippen LogP contribution in [0, 0.1) is 12.3 Å². The largest absolute Gasteiger partial charge is 0.478 e. The molecule has 5 rings (SSSR count). The Morgan fingerprint density at radius 2 is 1.92 bits per heavy atom. The predicted molar refractivity (Wildman–Crippen MR) is 146 cm³/mol. The van der Waals surface area contributed by atoms with Crippen LogP contribution >= 0.6 is 0 Å². The third-order valence-electron chi connectivity index (χ3n) is 7.63. The van der Waals surface area contributed by atoms with Crippen molar-refractivity contribution in [3.63, 3.8) is 0 Å². The molecule has 9 heteroatoms. The summed E-state index contributed by atoms with van der Waals surface area (Å²) < 4.78 is 7.27. The Kier molecular flexibility index (Phi) is 6.79. The maximum absolute atomic E-state index is 13.1. The zero-order valence-corrected chi connectivity index (χ0v) is 22.1. The Morgan fingerprint density at radius 1 is 1.16 bits per heavy atom. The number of anilines is 3. The predicted octanol–water partition coefficient (Wildman–Crippen LogP) is 4.32. The third-order valence-corrected chi connectivity index (χ3v) is 7.63. The molecule has 1 saturated carbocycles. The number of benzene rings is 1. The smallest absolute Gasteiger partial charge is 0.293 e. The SMILES string of the molecule is CNC(=O)COc1cc2cc(Nc3nc(N4CC5(CCCCC5)C4)ncc3C)ccc2n(C(C)C)c1=O. The van der Waals surface area contributed by atoms with Crippen LogP contribution in [0.3, 0.4) is 0 Å². The number of aryl methyl sites for hydroxylation is 1. The van der Waals surface area contributed by atoms with Gasteiger partial charge in [-0.1, -0.05) is 19.3 Å². The number of amides is 1. The molecule has 37 heavy (non-hydrogen) atoms. The van der Waals surface area contributed by atoms with Crippen LogP contribution in [0.5, 0.6) is 5.75 Å². The summed E-state index contributed by atoms with van der Waals surface area (Å²) in [4.78, 5) is 36.5. The third kappa shape index (κ3) is 4.99. The maximum Gasteiger partial charge on any atom is 0.293 e. The van der Waals surface area contributed by atoms with E-state index in [2.05, 4.69) is 20.5 Å². The molecular weight excluding hydrogens is 468 g/mol. The lowest BCUT2D eigenvalue weighted by Gasteiger charge is -2.52. The number of fused-ring (bicyclic) bond motifs is 1. The number of nitrogens with zero attached hydrogens (tertiary/aromatic N) is 4. The summed E-state index contributed by atoms with van der Waals surface area (Å²) in [5, 5.41) is 6.79. The Bertz CT molecular complexity index is 1370. The summed E-state index contributed by atoms with van der Waals surface area (Å²) in [5.41, 5.74) is 2.81. The van der Waals surface area contributed by atoms with E-state index < -0.39 is 0 Å². The Balaban J connectivity index is 1.41. The van der Waals surface area contributed by atoms with Crippen molar-refractivity contribution in [3.8, 4) is 5.75 Å². The van der Waals surface area contributed by atoms with E-state index in [9.17, 15) is 9.59 Å². The molecule has 1 saturated heterocycles. The Labute approximate surface area is 217 Å². The minimum atomic E-state index is -0.294. The van der Waals surface area contributed by atoms with E-state index in [1.807, 2.05) is 45.2 Å². The number of rotatable bonds is 7. The van der Waals surface area contributed by atoms with Crippen LogP contribution in [0.4, 0.5) is 17.5 Å². The highest BCUT2D eigenvalue weighted by Crippen LogP contribution is 2.44. The van der Waals surface area contributed by atoms with Crippen LogP contribution < -0.4 is 25.8 Å². The zero-order valence-electron chi connectivity index (χ0n) is 22.1. The zero-order chi connectivity index (χ0) is 26.2. The van der Waals surface area contributed by atoms with Gasteiger partial charge >= 0.3 is 0 Å². The first-order valence-corrected chi connectivity index (χ1v) is 13.2. The maximum atomic E-state index is 13.1. The summed E-state index contributed by atoms with van der Waals surface area (Å²) in [6.45, 7) is 7.76. The lowest BCUT2D eigenvalue weighted by molar-refractivity contribution is -0.122. The molecule has 1 aliphatic carbocycles. The van der Waals surface area contributed by atoms with Gasteiger partial charge < -0.3 is 24.8 Å². The van der Waals surface area contributed by atoms with Gasteiger partial charge in [-0.15, -0.1) is 0 Å². The molecule has 1 aromatic carbocycles. The lowest BCUT2D eigenvalue weighted by Crippen LogP contribution is -2.57. The van der Waals surface area contributed by atoms with Gasteiger partial charge in [-0.25, -0.2) is 4.98 Å². The fraction of sp³-hybridized carbons (Fsp3) is 0.500. The molecule has 3 heterocycles. The van der Waals surface area contributed by atoms with Crippen LogP contribution in [-0.2, 0) is 4.79 Å². The molecular formula is C28H36N6O3. The average molecular weight is 505 g/mol. The average Bonchev–Trinajstić information content (AvgIpc) is 2.87. The molecule has 2 aromatic heterocycles. The van der Waals surface area contributed by atoms with Gasteiger partial charge in [0.1, 0.15) is 5.82 Å². The van der Waals surface area contributed by atoms with Crippen LogP contribution in [0.1, 0.15) is 57.6 Å². The molecule has 1 spiro atoms. The monoisotopic (exact) mass is 504 g/mol. The molecule has 9 nitrogen and oxygen atoms in total. The number of pyridine rings is 1. The van der Waals surface area contributed by atoms with Gasteiger partial charge in [-0.05, 0) is 57.9 Å².